The van der Waals surface area contributed by atoms with Crippen LogP contribution >= 0.6 is 0 Å². The molecular weight excluding hydrogens is 164 g/mol. The molecule has 1 aromatic carbocycles. The van der Waals surface area contributed by atoms with Crippen molar-refractivity contribution in [3.05, 3.63) is 35.9 Å². The first-order valence-electron chi connectivity index (χ1n) is 4.01. The van der Waals surface area contributed by atoms with Crippen LogP contribution in [0.3, 0.4) is 0 Å². The van der Waals surface area contributed by atoms with E-state index in [9.17, 15) is 4.79 Å². The topological polar surface area (TPSA) is 41.8 Å². The van der Waals surface area contributed by atoms with E-state index in [1.807, 2.05) is 30.3 Å². The maximum atomic E-state index is 11.3. The van der Waals surface area contributed by atoms with E-state index in [2.05, 4.69) is 9.98 Å². The van der Waals surface area contributed by atoms with Crippen molar-refractivity contribution in [2.45, 2.75) is 6.92 Å². The van der Waals surface area contributed by atoms with Crippen LogP contribution in [0.2, 0.25) is 0 Å². The minimum atomic E-state index is -0.247. The molecule has 0 atom stereocenters. The maximum absolute atomic E-state index is 11.3. The monoisotopic (exact) mass is 172 g/mol. The van der Waals surface area contributed by atoms with E-state index >= 15 is 0 Å². The number of rotatable bonds is 1. The average Bonchev–Trinajstić information content (AvgIpc) is 2.47. The molecule has 2 rings (SSSR count). The summed E-state index contributed by atoms with van der Waals surface area (Å²) < 4.78 is 0. The lowest BCUT2D eigenvalue weighted by Gasteiger charge is -1.95. The van der Waals surface area contributed by atoms with Gasteiger partial charge in [-0.05, 0) is 6.92 Å². The van der Waals surface area contributed by atoms with Crippen molar-refractivity contribution in [2.75, 3.05) is 0 Å². The number of hydrogen-bond acceptors (Lipinski definition) is 2. The summed E-state index contributed by atoms with van der Waals surface area (Å²) in [6.45, 7) is 1.72. The Morgan fingerprint density at radius 1 is 1.08 bits per heavy atom. The molecular formula is C10H8N2O. The molecule has 1 aliphatic heterocycles. The van der Waals surface area contributed by atoms with Crippen LogP contribution in [0.5, 0.6) is 0 Å². The van der Waals surface area contributed by atoms with Gasteiger partial charge in [0.05, 0.1) is 0 Å². The number of nitrogens with zero attached hydrogens (tertiary/aromatic N) is 2. The van der Waals surface area contributed by atoms with Crippen molar-refractivity contribution in [3.63, 3.8) is 0 Å². The summed E-state index contributed by atoms with van der Waals surface area (Å²) >= 11 is 0. The molecule has 0 bridgehead atoms. The smallest absolute Gasteiger partial charge is 0.265 e. The highest BCUT2D eigenvalue weighted by Crippen LogP contribution is 2.08. The van der Waals surface area contributed by atoms with Gasteiger partial charge in [-0.1, -0.05) is 30.3 Å². The number of aliphatic imine (C=N–C) groups is 2. The van der Waals surface area contributed by atoms with Gasteiger partial charge in [0, 0.05) is 5.56 Å². The van der Waals surface area contributed by atoms with Crippen molar-refractivity contribution in [2.24, 2.45) is 9.98 Å². The standard InChI is InChI=1S/C10H8N2O/c1-7-11-9(10(13)12-7)8-5-3-2-4-6-8/h2-6H,1H3. The van der Waals surface area contributed by atoms with Crippen LogP contribution in [0, 0.1) is 0 Å². The SMILES string of the molecule is CC1=NC(=O)C(c2ccccc2)=N1. The molecule has 0 saturated carbocycles. The molecule has 1 heterocycles. The van der Waals surface area contributed by atoms with Crippen LogP contribution in [0.4, 0.5) is 0 Å². The third kappa shape index (κ3) is 1.40. The van der Waals surface area contributed by atoms with Gasteiger partial charge >= 0.3 is 0 Å². The zero-order valence-electron chi connectivity index (χ0n) is 7.19. The molecule has 3 heteroatoms. The molecule has 0 aromatic heterocycles. The van der Waals surface area contributed by atoms with Crippen molar-refractivity contribution >= 4 is 17.5 Å². The second kappa shape index (κ2) is 2.94. The van der Waals surface area contributed by atoms with Gasteiger partial charge in [0.2, 0.25) is 0 Å². The molecule has 64 valence electrons. The Morgan fingerprint density at radius 2 is 1.77 bits per heavy atom. The quantitative estimate of drug-likeness (QED) is 0.631. The molecule has 0 radical (unpaired) electrons. The molecule has 1 aliphatic rings. The Kier molecular flexibility index (Phi) is 1.77. The Morgan fingerprint density at radius 3 is 2.31 bits per heavy atom. The molecule has 1 amide bonds. The molecule has 0 N–H and O–H groups in total. The lowest BCUT2D eigenvalue weighted by atomic mass is 10.1. The first-order chi connectivity index (χ1) is 6.27. The first-order valence-corrected chi connectivity index (χ1v) is 4.01. The van der Waals surface area contributed by atoms with Crippen LogP contribution in [-0.2, 0) is 4.79 Å². The predicted molar refractivity (Wildman–Crippen MR) is 51.1 cm³/mol. The van der Waals surface area contributed by atoms with Gasteiger partial charge in [-0.2, -0.15) is 4.99 Å². The number of amidine groups is 1. The van der Waals surface area contributed by atoms with E-state index < -0.39 is 0 Å². The van der Waals surface area contributed by atoms with Crippen molar-refractivity contribution in [1.82, 2.24) is 0 Å². The molecule has 0 fully saturated rings. The van der Waals surface area contributed by atoms with Gasteiger partial charge in [0.25, 0.3) is 5.91 Å². The van der Waals surface area contributed by atoms with Gasteiger partial charge in [0.15, 0.2) is 0 Å². The summed E-state index contributed by atoms with van der Waals surface area (Å²) in [7, 11) is 0. The fourth-order valence-electron chi connectivity index (χ4n) is 1.22. The van der Waals surface area contributed by atoms with Gasteiger partial charge in [-0.3, -0.25) is 4.79 Å². The lowest BCUT2D eigenvalue weighted by molar-refractivity contribution is -0.111. The fourth-order valence-corrected chi connectivity index (χ4v) is 1.22. The normalized spacial score (nSPS) is 15.6. The predicted octanol–water partition coefficient (Wildman–Crippen LogP) is 1.43. The lowest BCUT2D eigenvalue weighted by Crippen LogP contribution is -2.08. The Hall–Kier alpha value is -1.77. The van der Waals surface area contributed by atoms with Gasteiger partial charge in [-0.25, -0.2) is 4.99 Å². The summed E-state index contributed by atoms with van der Waals surface area (Å²) in [6, 6.07) is 9.35. The Labute approximate surface area is 75.8 Å². The highest BCUT2D eigenvalue weighted by molar-refractivity contribution is 6.50. The van der Waals surface area contributed by atoms with Crippen molar-refractivity contribution in [1.29, 1.82) is 0 Å². The van der Waals surface area contributed by atoms with E-state index in [0.717, 1.165) is 5.56 Å². The zero-order chi connectivity index (χ0) is 9.26. The van der Waals surface area contributed by atoms with Gasteiger partial charge in [-0.15, -0.1) is 0 Å². The second-order valence-corrected chi connectivity index (χ2v) is 2.79. The highest BCUT2D eigenvalue weighted by atomic mass is 16.1. The van der Waals surface area contributed by atoms with Crippen LogP contribution in [0.1, 0.15) is 12.5 Å². The Balaban J connectivity index is 2.41. The van der Waals surface area contributed by atoms with Crippen LogP contribution in [-0.4, -0.2) is 17.5 Å². The van der Waals surface area contributed by atoms with E-state index in [1.54, 1.807) is 6.92 Å². The largest absolute Gasteiger partial charge is 0.297 e. The molecule has 0 unspecified atom stereocenters. The summed E-state index contributed by atoms with van der Waals surface area (Å²) in [5, 5.41) is 0. The van der Waals surface area contributed by atoms with E-state index in [0.29, 0.717) is 11.5 Å². The third-order valence-electron chi connectivity index (χ3n) is 1.79. The Bertz CT molecular complexity index is 404. The summed E-state index contributed by atoms with van der Waals surface area (Å²) in [6.07, 6.45) is 0. The summed E-state index contributed by atoms with van der Waals surface area (Å²) in [5.41, 5.74) is 1.27. The number of hydrogen-bond donors (Lipinski definition) is 0. The van der Waals surface area contributed by atoms with E-state index in [4.69, 9.17) is 0 Å². The van der Waals surface area contributed by atoms with E-state index in [-0.39, 0.29) is 5.91 Å². The molecule has 0 aliphatic carbocycles. The minimum absolute atomic E-state index is 0.247. The fraction of sp³-hybridized carbons (Fsp3) is 0.100. The van der Waals surface area contributed by atoms with Crippen LogP contribution in [0.25, 0.3) is 0 Å². The maximum Gasteiger partial charge on any atom is 0.297 e. The van der Waals surface area contributed by atoms with Crippen LogP contribution in [0.15, 0.2) is 40.3 Å². The van der Waals surface area contributed by atoms with Crippen molar-refractivity contribution in [3.8, 4) is 0 Å². The van der Waals surface area contributed by atoms with E-state index in [1.165, 1.54) is 0 Å². The zero-order valence-corrected chi connectivity index (χ0v) is 7.19. The second-order valence-electron chi connectivity index (χ2n) is 2.79. The van der Waals surface area contributed by atoms with Crippen LogP contribution < -0.4 is 0 Å². The summed E-state index contributed by atoms with van der Waals surface area (Å²) in [5.74, 6) is 0.285. The van der Waals surface area contributed by atoms with Gasteiger partial charge in [0.1, 0.15) is 11.5 Å². The number of carbonyl (C=O) groups is 1. The molecule has 1 aromatic rings. The average molecular weight is 172 g/mol. The number of carbonyl (C=O) groups excluding carboxylic acids is 1. The van der Waals surface area contributed by atoms with Gasteiger partial charge < -0.3 is 0 Å². The third-order valence-corrected chi connectivity index (χ3v) is 1.79. The number of amides is 1. The molecule has 3 nitrogen and oxygen atoms in total. The van der Waals surface area contributed by atoms with Crippen molar-refractivity contribution < 1.29 is 4.79 Å². The molecule has 0 spiro atoms. The summed E-state index contributed by atoms with van der Waals surface area (Å²) in [4.78, 5) is 19.0. The molecule has 13 heavy (non-hydrogen) atoms. The minimum Gasteiger partial charge on any atom is -0.265 e. The highest BCUT2D eigenvalue weighted by Gasteiger charge is 2.18. The first kappa shape index (κ1) is 7.86. The number of benzene rings is 1. The molecule has 0 saturated heterocycles.